The average Bonchev–Trinajstić information content (AvgIpc) is 3.43. The van der Waals surface area contributed by atoms with E-state index in [0.29, 0.717) is 51.4 Å². The van der Waals surface area contributed by atoms with E-state index in [0.717, 1.165) is 24.8 Å². The molecule has 64 heavy (non-hydrogen) atoms. The van der Waals surface area contributed by atoms with Gasteiger partial charge in [0.05, 0.1) is 114 Å². The summed E-state index contributed by atoms with van der Waals surface area (Å²) in [6.07, 6.45) is 8.22. The first-order valence-electron chi connectivity index (χ1n) is 24.3. The predicted octanol–water partition coefficient (Wildman–Crippen LogP) is 5.52. The van der Waals surface area contributed by atoms with Gasteiger partial charge in [-0.1, -0.05) is 19.1 Å². The van der Waals surface area contributed by atoms with Crippen molar-refractivity contribution < 1.29 is 66.8 Å². The molecule has 0 aromatic rings. The van der Waals surface area contributed by atoms with E-state index in [-0.39, 0.29) is 115 Å². The zero-order valence-corrected chi connectivity index (χ0v) is 39.2. The minimum Gasteiger partial charge on any atom is -0.456 e. The summed E-state index contributed by atoms with van der Waals surface area (Å²) >= 11 is 5.80. The lowest BCUT2D eigenvalue weighted by Gasteiger charge is -2.60. The molecule has 0 saturated carbocycles. The topological polar surface area (TPSA) is 156 Å². The average molecular weight is 918 g/mol. The van der Waals surface area contributed by atoms with Crippen molar-refractivity contribution >= 4 is 23.4 Å². The van der Waals surface area contributed by atoms with Crippen molar-refractivity contribution in [2.24, 2.45) is 5.92 Å². The fourth-order valence-electron chi connectivity index (χ4n) is 14.0. The smallest absolute Gasteiger partial charge is 0.331 e. The van der Waals surface area contributed by atoms with Gasteiger partial charge in [-0.05, 0) is 78.7 Å². The van der Waals surface area contributed by atoms with E-state index >= 15 is 0 Å². The van der Waals surface area contributed by atoms with Crippen LogP contribution in [0.4, 0.5) is 0 Å². The molecule has 0 bridgehead atoms. The van der Waals surface area contributed by atoms with Gasteiger partial charge >= 0.3 is 5.97 Å². The van der Waals surface area contributed by atoms with Crippen LogP contribution in [-0.2, 0) is 61.7 Å². The van der Waals surface area contributed by atoms with Crippen LogP contribution < -0.4 is 0 Å². The highest BCUT2D eigenvalue weighted by Gasteiger charge is 2.64. The van der Waals surface area contributed by atoms with Crippen LogP contribution in [-0.4, -0.2) is 155 Å². The molecule has 0 aliphatic carbocycles. The van der Waals surface area contributed by atoms with Gasteiger partial charge in [-0.3, -0.25) is 4.79 Å². The van der Waals surface area contributed by atoms with Crippen LogP contribution >= 0.6 is 11.6 Å². The quantitative estimate of drug-likeness (QED) is 0.215. The highest BCUT2D eigenvalue weighted by Crippen LogP contribution is 2.55. The molecule has 11 heterocycles. The second-order valence-electron chi connectivity index (χ2n) is 22.6. The van der Waals surface area contributed by atoms with Crippen LogP contribution in [0.1, 0.15) is 126 Å². The Bertz CT molecular complexity index is 1910. The molecule has 11 aliphatic heterocycles. The number of alkyl halides is 1. The number of halogens is 1. The monoisotopic (exact) mass is 916 g/mol. The summed E-state index contributed by atoms with van der Waals surface area (Å²) < 4.78 is 75.5. The zero-order valence-electron chi connectivity index (χ0n) is 38.4. The molecule has 23 atom stereocenters. The van der Waals surface area contributed by atoms with Crippen LogP contribution in [0.15, 0.2) is 23.8 Å². The zero-order chi connectivity index (χ0) is 44.7. The molecule has 7 unspecified atom stereocenters. The van der Waals surface area contributed by atoms with Crippen LogP contribution in [0.2, 0.25) is 0 Å². The maximum Gasteiger partial charge on any atom is 0.331 e. The normalized spacial score (nSPS) is 57.0. The number of rotatable bonds is 3. The summed E-state index contributed by atoms with van der Waals surface area (Å²) in [6, 6.07) is 0. The Balaban J connectivity index is 0.776. The molecule has 0 spiro atoms. The van der Waals surface area contributed by atoms with Gasteiger partial charge in [0.2, 0.25) is 0 Å². The highest BCUT2D eigenvalue weighted by atomic mass is 35.5. The molecule has 9 saturated heterocycles. The van der Waals surface area contributed by atoms with Gasteiger partial charge in [-0.25, -0.2) is 4.79 Å². The van der Waals surface area contributed by atoms with Gasteiger partial charge in [0, 0.05) is 57.4 Å². The molecule has 0 radical (unpaired) electrons. The van der Waals surface area contributed by atoms with E-state index in [1.54, 1.807) is 6.08 Å². The maximum atomic E-state index is 12.3. The summed E-state index contributed by atoms with van der Waals surface area (Å²) in [7, 11) is 0. The van der Waals surface area contributed by atoms with Crippen LogP contribution in [0, 0.1) is 5.92 Å². The third-order valence-electron chi connectivity index (χ3n) is 17.7. The lowest BCUT2D eigenvalue weighted by Crippen LogP contribution is -2.70. The number of Topliss-reactive ketones (excluding diaryl/α,β-unsaturated/α-hetero) is 1. The Morgan fingerprint density at radius 2 is 1.48 bits per heavy atom. The number of carbonyl (C=O) groups is 2. The van der Waals surface area contributed by atoms with Crippen LogP contribution in [0.5, 0.6) is 0 Å². The third kappa shape index (κ3) is 7.54. The summed E-state index contributed by atoms with van der Waals surface area (Å²) in [5.41, 5.74) is -2.46. The largest absolute Gasteiger partial charge is 0.456 e. The van der Waals surface area contributed by atoms with E-state index < -0.39 is 46.3 Å². The van der Waals surface area contributed by atoms with Crippen molar-refractivity contribution in [2.45, 2.75) is 257 Å². The van der Waals surface area contributed by atoms with Gasteiger partial charge in [-0.15, -0.1) is 11.6 Å². The second-order valence-corrected chi connectivity index (χ2v) is 22.8. The molecular weight excluding hydrogens is 848 g/mol. The Kier molecular flexibility index (Phi) is 11.2. The predicted molar refractivity (Wildman–Crippen MR) is 229 cm³/mol. The fraction of sp³-hybridized carbons (Fsp3) is 0.878. The van der Waals surface area contributed by atoms with Crippen molar-refractivity contribution in [3.63, 3.8) is 0 Å². The van der Waals surface area contributed by atoms with Crippen molar-refractivity contribution in [3.05, 3.63) is 23.8 Å². The lowest BCUT2D eigenvalue weighted by atomic mass is 9.72. The maximum absolute atomic E-state index is 12.3. The van der Waals surface area contributed by atoms with Crippen molar-refractivity contribution in [1.82, 2.24) is 0 Å². The SMILES string of the molecule is CC1=CC(=O)O[C@H]2C[C@H]3OC4C[C@@H](C)[C@H]5O[C@H]6C[C@H]7O[C@@]8(C)C/C=C\[C@H]9O[C@H]%10C[C@H]%11O[C@H](CC(=O)CCl)C[C@H](O)[C@]%11(C)OC%10CC9OC8C[C@]7(C)O[C@]6(C)CCC5OC4C[C@]3(C)OC12. The highest BCUT2D eigenvalue weighted by molar-refractivity contribution is 6.27. The Hall–Kier alpha value is -1.53. The van der Waals surface area contributed by atoms with Crippen molar-refractivity contribution in [1.29, 1.82) is 0 Å². The molecule has 0 aromatic carbocycles. The minimum atomic E-state index is -0.938. The molecule has 15 heteroatoms. The van der Waals surface area contributed by atoms with Gasteiger partial charge in [0.1, 0.15) is 29.7 Å². The number of ketones is 1. The minimum absolute atomic E-state index is 0.0731. The standard InChI is InChI=1S/C49H69ClO14/c1-24-13-30-35(21-47(5)37(57-30)19-34-44(63-47)25(2)14-42(53)59-34)56-29-10-12-46(4)38(60-43(24)29)20-39-48(6,64-46)22-41-45(3,62-39)11-8-9-28-31(58-41)17-33-32(55-28)18-40-49(7,61-33)36(52)16-27(54-40)15-26(51)23-50/h8-9,14,24,27-41,43-44,52H,10-13,15-23H2,1-7H3/b9-8-/t24-,27-,28-,29?,30?,31?,32+,33?,34+,35?,36+,37-,38+,39-,40-,41?,43-,44?,45+,46-,47+,48+,49+/m1/s1. The molecule has 11 aliphatic rings. The Labute approximate surface area is 381 Å². The van der Waals surface area contributed by atoms with Crippen molar-refractivity contribution in [3.8, 4) is 0 Å². The van der Waals surface area contributed by atoms with E-state index in [4.69, 9.17) is 63.7 Å². The second kappa shape index (κ2) is 16.0. The number of aliphatic hydroxyl groups is 1. The number of hydrogen-bond donors (Lipinski definition) is 1. The Morgan fingerprint density at radius 3 is 2.30 bits per heavy atom. The summed E-state index contributed by atoms with van der Waals surface area (Å²) in [4.78, 5) is 24.4. The van der Waals surface area contributed by atoms with Gasteiger partial charge < -0.3 is 57.2 Å². The molecule has 11 rings (SSSR count). The third-order valence-corrected chi connectivity index (χ3v) is 18.0. The van der Waals surface area contributed by atoms with Gasteiger partial charge in [-0.2, -0.15) is 0 Å². The summed E-state index contributed by atoms with van der Waals surface area (Å²) in [5, 5.41) is 11.4. The number of esters is 1. The lowest BCUT2D eigenvalue weighted by molar-refractivity contribution is -0.356. The summed E-state index contributed by atoms with van der Waals surface area (Å²) in [6.45, 7) is 14.8. The van der Waals surface area contributed by atoms with Gasteiger partial charge in [0.15, 0.2) is 0 Å². The fourth-order valence-corrected chi connectivity index (χ4v) is 14.1. The number of fused-ring (bicyclic) bond motifs is 10. The molecule has 9 fully saturated rings. The summed E-state index contributed by atoms with van der Waals surface area (Å²) in [5.74, 6) is -0.321. The van der Waals surface area contributed by atoms with Crippen LogP contribution in [0.25, 0.3) is 0 Å². The molecule has 14 nitrogen and oxygen atoms in total. The first-order valence-corrected chi connectivity index (χ1v) is 24.9. The molecular formula is C49H69ClO14. The first kappa shape index (κ1) is 44.9. The molecule has 0 amide bonds. The number of ether oxygens (including phenoxy) is 11. The van der Waals surface area contributed by atoms with E-state index in [2.05, 4.69) is 46.8 Å². The molecule has 0 aromatic heterocycles. The number of hydrogen-bond acceptors (Lipinski definition) is 14. The van der Waals surface area contributed by atoms with E-state index in [9.17, 15) is 14.7 Å². The van der Waals surface area contributed by atoms with E-state index in [1.807, 2.05) is 13.8 Å². The van der Waals surface area contributed by atoms with Crippen molar-refractivity contribution in [2.75, 3.05) is 5.88 Å². The molecule has 356 valence electrons. The number of carbonyl (C=O) groups excluding carboxylic acids is 2. The molecule has 1 N–H and O–H groups in total. The van der Waals surface area contributed by atoms with Gasteiger partial charge in [0.25, 0.3) is 0 Å². The van der Waals surface area contributed by atoms with E-state index in [1.165, 1.54) is 0 Å². The van der Waals surface area contributed by atoms with Crippen LogP contribution in [0.3, 0.4) is 0 Å². The number of aliphatic hydroxyl groups excluding tert-OH is 1. The first-order chi connectivity index (χ1) is 30.4. The Morgan fingerprint density at radius 1 is 0.719 bits per heavy atom.